The zero-order valence-corrected chi connectivity index (χ0v) is 11.1. The number of aromatic amines is 1. The lowest BCUT2D eigenvalue weighted by Gasteiger charge is -2.16. The summed E-state index contributed by atoms with van der Waals surface area (Å²) >= 11 is 0. The highest BCUT2D eigenvalue weighted by atomic mass is 16.1. The van der Waals surface area contributed by atoms with Crippen molar-refractivity contribution in [1.29, 1.82) is 0 Å². The Balaban J connectivity index is 2.02. The van der Waals surface area contributed by atoms with Crippen LogP contribution in [0.15, 0.2) is 17.2 Å². The summed E-state index contributed by atoms with van der Waals surface area (Å²) in [4.78, 5) is 15.5. The molecule has 0 aromatic carbocycles. The first-order valence-electron chi connectivity index (χ1n) is 6.61. The number of hydrogen-bond donors (Lipinski definition) is 3. The van der Waals surface area contributed by atoms with Gasteiger partial charge in [0, 0.05) is 12.6 Å². The van der Waals surface area contributed by atoms with Gasteiger partial charge in [-0.2, -0.15) is 5.10 Å². The predicted molar refractivity (Wildman–Crippen MR) is 74.2 cm³/mol. The third kappa shape index (κ3) is 3.31. The SMILES string of the molecule is CCCC(CCN)CNc1cc2n[nH]c(=O)n2cn1. The zero-order valence-electron chi connectivity index (χ0n) is 11.1. The molecule has 2 aromatic rings. The fourth-order valence-electron chi connectivity index (χ4n) is 2.15. The smallest absolute Gasteiger partial charge is 0.348 e. The number of aromatic nitrogens is 4. The van der Waals surface area contributed by atoms with Gasteiger partial charge in [-0.25, -0.2) is 19.3 Å². The van der Waals surface area contributed by atoms with Gasteiger partial charge in [-0.15, -0.1) is 0 Å². The summed E-state index contributed by atoms with van der Waals surface area (Å²) in [6.45, 7) is 3.71. The Labute approximate surface area is 111 Å². The fraction of sp³-hybridized carbons (Fsp3) is 0.583. The molecule has 0 amide bonds. The third-order valence-corrected chi connectivity index (χ3v) is 3.15. The molecular weight excluding hydrogens is 244 g/mol. The van der Waals surface area contributed by atoms with Crippen LogP contribution in [0.2, 0.25) is 0 Å². The second-order valence-electron chi connectivity index (χ2n) is 4.64. The van der Waals surface area contributed by atoms with E-state index in [9.17, 15) is 4.79 Å². The Kier molecular flexibility index (Phi) is 4.51. The molecule has 0 saturated heterocycles. The molecule has 19 heavy (non-hydrogen) atoms. The summed E-state index contributed by atoms with van der Waals surface area (Å²) in [6, 6.07) is 1.75. The first-order chi connectivity index (χ1) is 9.24. The minimum Gasteiger partial charge on any atom is -0.370 e. The van der Waals surface area contributed by atoms with Crippen LogP contribution in [0.3, 0.4) is 0 Å². The van der Waals surface area contributed by atoms with E-state index < -0.39 is 0 Å². The quantitative estimate of drug-likeness (QED) is 0.679. The number of hydrogen-bond acceptors (Lipinski definition) is 5. The number of H-pyrrole nitrogens is 1. The number of nitrogens with two attached hydrogens (primary N) is 1. The van der Waals surface area contributed by atoms with Crippen molar-refractivity contribution in [3.05, 3.63) is 22.9 Å². The third-order valence-electron chi connectivity index (χ3n) is 3.15. The standard InChI is InChI=1S/C12H20N6O/c1-2-3-9(4-5-13)7-14-10-6-11-16-17-12(19)18(11)8-15-10/h6,8-9,14H,2-5,7,13H2,1H3,(H,17,19). The molecule has 0 radical (unpaired) electrons. The van der Waals surface area contributed by atoms with Crippen LogP contribution in [-0.4, -0.2) is 32.7 Å². The molecule has 7 nitrogen and oxygen atoms in total. The van der Waals surface area contributed by atoms with Crippen molar-refractivity contribution in [2.24, 2.45) is 11.7 Å². The van der Waals surface area contributed by atoms with Crippen LogP contribution in [0.5, 0.6) is 0 Å². The van der Waals surface area contributed by atoms with E-state index in [-0.39, 0.29) is 5.69 Å². The molecule has 7 heteroatoms. The van der Waals surface area contributed by atoms with Gasteiger partial charge in [0.15, 0.2) is 5.65 Å². The van der Waals surface area contributed by atoms with Gasteiger partial charge in [-0.05, 0) is 25.3 Å². The van der Waals surface area contributed by atoms with E-state index >= 15 is 0 Å². The number of fused-ring (bicyclic) bond motifs is 1. The van der Waals surface area contributed by atoms with Gasteiger partial charge in [0.1, 0.15) is 12.1 Å². The molecule has 1 atom stereocenters. The Bertz CT molecular complexity index is 569. The van der Waals surface area contributed by atoms with Gasteiger partial charge < -0.3 is 11.1 Å². The molecule has 1 unspecified atom stereocenters. The van der Waals surface area contributed by atoms with E-state index in [0.29, 0.717) is 18.1 Å². The minimum atomic E-state index is -0.277. The maximum atomic E-state index is 11.3. The summed E-state index contributed by atoms with van der Waals surface area (Å²) in [5, 5.41) is 9.57. The van der Waals surface area contributed by atoms with Crippen molar-refractivity contribution < 1.29 is 0 Å². The molecule has 104 valence electrons. The Morgan fingerprint density at radius 3 is 3.11 bits per heavy atom. The van der Waals surface area contributed by atoms with Crippen molar-refractivity contribution in [3.63, 3.8) is 0 Å². The number of anilines is 1. The molecule has 4 N–H and O–H groups in total. The molecule has 0 bridgehead atoms. The molecule has 2 rings (SSSR count). The van der Waals surface area contributed by atoms with Gasteiger partial charge in [0.05, 0.1) is 0 Å². The highest BCUT2D eigenvalue weighted by Crippen LogP contribution is 2.12. The van der Waals surface area contributed by atoms with E-state index in [4.69, 9.17) is 5.73 Å². The van der Waals surface area contributed by atoms with Gasteiger partial charge in [-0.3, -0.25) is 0 Å². The van der Waals surface area contributed by atoms with E-state index in [1.54, 1.807) is 6.07 Å². The van der Waals surface area contributed by atoms with E-state index in [2.05, 4.69) is 27.4 Å². The van der Waals surface area contributed by atoms with Crippen LogP contribution >= 0.6 is 0 Å². The van der Waals surface area contributed by atoms with Crippen LogP contribution in [0.1, 0.15) is 26.2 Å². The van der Waals surface area contributed by atoms with Crippen molar-refractivity contribution in [2.45, 2.75) is 26.2 Å². The highest BCUT2D eigenvalue weighted by molar-refractivity contribution is 5.48. The number of nitrogens with one attached hydrogen (secondary N) is 2. The summed E-state index contributed by atoms with van der Waals surface area (Å²) in [7, 11) is 0. The second-order valence-corrected chi connectivity index (χ2v) is 4.64. The van der Waals surface area contributed by atoms with Gasteiger partial charge >= 0.3 is 5.69 Å². The Hall–Kier alpha value is -1.89. The molecule has 2 aromatic heterocycles. The van der Waals surface area contributed by atoms with E-state index in [1.165, 1.54) is 10.7 Å². The Morgan fingerprint density at radius 1 is 1.53 bits per heavy atom. The monoisotopic (exact) mass is 264 g/mol. The largest absolute Gasteiger partial charge is 0.370 e. The zero-order chi connectivity index (χ0) is 13.7. The minimum absolute atomic E-state index is 0.277. The topological polar surface area (TPSA) is 101 Å². The lowest BCUT2D eigenvalue weighted by atomic mass is 10.00. The second kappa shape index (κ2) is 6.33. The highest BCUT2D eigenvalue weighted by Gasteiger charge is 2.08. The first kappa shape index (κ1) is 13.5. The van der Waals surface area contributed by atoms with Crippen LogP contribution in [0.4, 0.5) is 5.82 Å². The molecule has 0 spiro atoms. The average Bonchev–Trinajstić information content (AvgIpc) is 2.78. The van der Waals surface area contributed by atoms with Crippen molar-refractivity contribution in [3.8, 4) is 0 Å². The normalized spacial score (nSPS) is 12.7. The van der Waals surface area contributed by atoms with Crippen LogP contribution in [-0.2, 0) is 0 Å². The maximum Gasteiger partial charge on any atom is 0.348 e. The summed E-state index contributed by atoms with van der Waals surface area (Å²) in [5.74, 6) is 1.28. The van der Waals surface area contributed by atoms with Gasteiger partial charge in [0.25, 0.3) is 0 Å². The fourth-order valence-corrected chi connectivity index (χ4v) is 2.15. The Morgan fingerprint density at radius 2 is 2.37 bits per heavy atom. The molecule has 0 fully saturated rings. The summed E-state index contributed by atoms with van der Waals surface area (Å²) < 4.78 is 1.37. The summed E-state index contributed by atoms with van der Waals surface area (Å²) in [5.41, 5.74) is 5.90. The molecule has 0 saturated carbocycles. The van der Waals surface area contributed by atoms with Crippen molar-refractivity contribution in [2.75, 3.05) is 18.4 Å². The van der Waals surface area contributed by atoms with Crippen molar-refractivity contribution >= 4 is 11.5 Å². The summed E-state index contributed by atoms with van der Waals surface area (Å²) in [6.07, 6.45) is 4.77. The van der Waals surface area contributed by atoms with Gasteiger partial charge in [-0.1, -0.05) is 13.3 Å². The molecular formula is C12H20N6O. The van der Waals surface area contributed by atoms with Crippen LogP contribution in [0.25, 0.3) is 5.65 Å². The maximum absolute atomic E-state index is 11.3. The molecule has 0 aliphatic heterocycles. The number of rotatable bonds is 7. The van der Waals surface area contributed by atoms with Crippen molar-refractivity contribution in [1.82, 2.24) is 19.6 Å². The molecule has 0 aliphatic rings. The average molecular weight is 264 g/mol. The van der Waals surface area contributed by atoms with Gasteiger partial charge in [0.2, 0.25) is 0 Å². The predicted octanol–water partition coefficient (Wildman–Crippen LogP) is 0.595. The van der Waals surface area contributed by atoms with E-state index in [1.807, 2.05) is 0 Å². The first-order valence-corrected chi connectivity index (χ1v) is 6.61. The van der Waals surface area contributed by atoms with Crippen LogP contribution < -0.4 is 16.7 Å². The molecule has 0 aliphatic carbocycles. The number of nitrogens with zero attached hydrogens (tertiary/aromatic N) is 3. The van der Waals surface area contributed by atoms with E-state index in [0.717, 1.165) is 31.6 Å². The lowest BCUT2D eigenvalue weighted by molar-refractivity contribution is 0.473. The lowest BCUT2D eigenvalue weighted by Crippen LogP contribution is -2.18. The molecule has 2 heterocycles. The van der Waals surface area contributed by atoms with Crippen LogP contribution in [0, 0.1) is 5.92 Å².